The number of unbranched alkanes of at least 4 members (excludes halogenated alkanes) is 1. The molecule has 0 amide bonds. The maximum Gasteiger partial charge on any atom is 0.330 e. The van der Waals surface area contributed by atoms with Gasteiger partial charge < -0.3 is 4.74 Å². The molecule has 0 aromatic heterocycles. The Morgan fingerprint density at radius 2 is 2.44 bits per heavy atom. The number of carbonyl (C=O) groups excluding carboxylic acids is 1. The fourth-order valence-electron chi connectivity index (χ4n) is 1.51. The van der Waals surface area contributed by atoms with Gasteiger partial charge in [0.2, 0.25) is 0 Å². The van der Waals surface area contributed by atoms with Crippen LogP contribution in [0, 0.1) is 5.92 Å². The van der Waals surface area contributed by atoms with E-state index in [9.17, 15) is 4.79 Å². The normalized spacial score (nSPS) is 19.9. The number of carbonyl (C=O) groups is 1. The van der Waals surface area contributed by atoms with Crippen LogP contribution in [-0.2, 0) is 9.53 Å². The minimum atomic E-state index is -0.240. The summed E-state index contributed by atoms with van der Waals surface area (Å²) in [7, 11) is 0. The first-order valence-electron chi connectivity index (χ1n) is 5.95. The Labute approximate surface area is 97.7 Å². The molecular weight excluding hydrogens is 200 g/mol. The molecule has 0 fully saturated rings. The highest BCUT2D eigenvalue weighted by molar-refractivity contribution is 5.82. The molecule has 0 radical (unpaired) electrons. The molecule has 0 spiro atoms. The molecule has 0 aromatic carbocycles. The summed E-state index contributed by atoms with van der Waals surface area (Å²) in [4.78, 5) is 11.3. The predicted molar refractivity (Wildman–Crippen MR) is 66.0 cm³/mol. The molecule has 0 aromatic rings. The second-order valence-corrected chi connectivity index (χ2v) is 4.09. The van der Waals surface area contributed by atoms with Crippen LogP contribution in [0.4, 0.5) is 0 Å². The zero-order chi connectivity index (χ0) is 11.8. The Bertz CT molecular complexity index is 311. The van der Waals surface area contributed by atoms with Crippen LogP contribution in [0.1, 0.15) is 33.1 Å². The van der Waals surface area contributed by atoms with E-state index in [1.807, 2.05) is 18.2 Å². The van der Waals surface area contributed by atoms with Gasteiger partial charge >= 0.3 is 5.97 Å². The van der Waals surface area contributed by atoms with Gasteiger partial charge in [-0.3, -0.25) is 0 Å². The largest absolute Gasteiger partial charge is 0.463 e. The standard InChI is InChI=1S/C14H20O2/c1-3-4-11-16-14(15)10-9-13-8-6-5-7-12(13)2/h5-6,8-10,12H,3-4,7,11H2,1-2H3/b10-9+. The summed E-state index contributed by atoms with van der Waals surface area (Å²) >= 11 is 0. The van der Waals surface area contributed by atoms with Gasteiger partial charge in [0.15, 0.2) is 0 Å². The Morgan fingerprint density at radius 1 is 1.62 bits per heavy atom. The lowest BCUT2D eigenvalue weighted by Gasteiger charge is -2.12. The van der Waals surface area contributed by atoms with E-state index in [0.29, 0.717) is 12.5 Å². The number of allylic oxidation sites excluding steroid dienone is 5. The van der Waals surface area contributed by atoms with E-state index in [-0.39, 0.29) is 5.97 Å². The summed E-state index contributed by atoms with van der Waals surface area (Å²) in [6.07, 6.45) is 12.6. The molecule has 0 N–H and O–H groups in total. The van der Waals surface area contributed by atoms with E-state index >= 15 is 0 Å². The number of hydrogen-bond acceptors (Lipinski definition) is 2. The second-order valence-electron chi connectivity index (χ2n) is 4.09. The molecule has 1 atom stereocenters. The van der Waals surface area contributed by atoms with Crippen LogP contribution in [0.2, 0.25) is 0 Å². The molecule has 1 aliphatic rings. The molecule has 0 saturated carbocycles. The van der Waals surface area contributed by atoms with Gasteiger partial charge in [-0.2, -0.15) is 0 Å². The SMILES string of the molecule is CCCCOC(=O)/C=C/C1=CC=CCC1C. The van der Waals surface area contributed by atoms with Crippen molar-refractivity contribution in [2.24, 2.45) is 5.92 Å². The van der Waals surface area contributed by atoms with E-state index in [0.717, 1.165) is 19.3 Å². The van der Waals surface area contributed by atoms with Crippen LogP contribution in [0.15, 0.2) is 36.0 Å². The van der Waals surface area contributed by atoms with Gasteiger partial charge in [0, 0.05) is 6.08 Å². The van der Waals surface area contributed by atoms with Crippen LogP contribution in [-0.4, -0.2) is 12.6 Å². The van der Waals surface area contributed by atoms with Crippen molar-refractivity contribution < 1.29 is 9.53 Å². The third-order valence-electron chi connectivity index (χ3n) is 2.64. The molecular formula is C14H20O2. The molecule has 0 bridgehead atoms. The maximum absolute atomic E-state index is 11.3. The molecule has 88 valence electrons. The molecule has 2 nitrogen and oxygen atoms in total. The highest BCUT2D eigenvalue weighted by atomic mass is 16.5. The lowest BCUT2D eigenvalue weighted by Crippen LogP contribution is -2.03. The molecule has 1 aliphatic carbocycles. The number of ether oxygens (including phenoxy) is 1. The van der Waals surface area contributed by atoms with Crippen molar-refractivity contribution in [2.75, 3.05) is 6.61 Å². The summed E-state index contributed by atoms with van der Waals surface area (Å²) in [5.41, 5.74) is 1.19. The molecule has 1 rings (SSSR count). The van der Waals surface area contributed by atoms with Gasteiger partial charge in [-0.1, -0.05) is 44.6 Å². The Balaban J connectivity index is 2.37. The number of hydrogen-bond donors (Lipinski definition) is 0. The number of esters is 1. The zero-order valence-electron chi connectivity index (χ0n) is 10.1. The van der Waals surface area contributed by atoms with Crippen molar-refractivity contribution in [3.05, 3.63) is 36.0 Å². The first kappa shape index (κ1) is 12.8. The van der Waals surface area contributed by atoms with Gasteiger partial charge in [-0.25, -0.2) is 4.79 Å². The maximum atomic E-state index is 11.3. The highest BCUT2D eigenvalue weighted by Crippen LogP contribution is 2.20. The third-order valence-corrected chi connectivity index (χ3v) is 2.64. The van der Waals surface area contributed by atoms with Gasteiger partial charge in [0.25, 0.3) is 0 Å². The van der Waals surface area contributed by atoms with Gasteiger partial charge in [-0.15, -0.1) is 0 Å². The van der Waals surface area contributed by atoms with E-state index in [4.69, 9.17) is 4.74 Å². The van der Waals surface area contributed by atoms with Gasteiger partial charge in [0.1, 0.15) is 0 Å². The zero-order valence-corrected chi connectivity index (χ0v) is 10.1. The van der Waals surface area contributed by atoms with Crippen LogP contribution >= 0.6 is 0 Å². The quantitative estimate of drug-likeness (QED) is 0.403. The Hall–Kier alpha value is -1.31. The van der Waals surface area contributed by atoms with Crippen molar-refractivity contribution >= 4 is 5.97 Å². The molecule has 0 aliphatic heterocycles. The predicted octanol–water partition coefficient (Wildman–Crippen LogP) is 3.41. The summed E-state index contributed by atoms with van der Waals surface area (Å²) in [6, 6.07) is 0. The average molecular weight is 220 g/mol. The third kappa shape index (κ3) is 4.47. The van der Waals surface area contributed by atoms with Crippen molar-refractivity contribution in [1.82, 2.24) is 0 Å². The fraction of sp³-hybridized carbons (Fsp3) is 0.500. The lowest BCUT2D eigenvalue weighted by molar-refractivity contribution is -0.137. The fourth-order valence-corrected chi connectivity index (χ4v) is 1.51. The van der Waals surface area contributed by atoms with E-state index in [2.05, 4.69) is 19.9 Å². The first-order chi connectivity index (χ1) is 7.74. The van der Waals surface area contributed by atoms with Crippen molar-refractivity contribution in [3.8, 4) is 0 Å². The van der Waals surface area contributed by atoms with Gasteiger partial charge in [0.05, 0.1) is 6.61 Å². The lowest BCUT2D eigenvalue weighted by atomic mass is 9.93. The molecule has 1 unspecified atom stereocenters. The van der Waals surface area contributed by atoms with Crippen LogP contribution in [0.3, 0.4) is 0 Å². The van der Waals surface area contributed by atoms with Crippen molar-refractivity contribution in [2.45, 2.75) is 33.1 Å². The van der Waals surface area contributed by atoms with Gasteiger partial charge in [-0.05, 0) is 24.3 Å². The topological polar surface area (TPSA) is 26.3 Å². The molecule has 0 heterocycles. The van der Waals surface area contributed by atoms with E-state index in [1.165, 1.54) is 11.6 Å². The summed E-state index contributed by atoms with van der Waals surface area (Å²) in [6.45, 7) is 4.75. The summed E-state index contributed by atoms with van der Waals surface area (Å²) in [5.74, 6) is 0.251. The monoisotopic (exact) mass is 220 g/mol. The van der Waals surface area contributed by atoms with E-state index in [1.54, 1.807) is 0 Å². The first-order valence-corrected chi connectivity index (χ1v) is 5.95. The van der Waals surface area contributed by atoms with Crippen molar-refractivity contribution in [1.29, 1.82) is 0 Å². The summed E-state index contributed by atoms with van der Waals surface area (Å²) in [5, 5.41) is 0. The molecule has 16 heavy (non-hydrogen) atoms. The van der Waals surface area contributed by atoms with Crippen molar-refractivity contribution in [3.63, 3.8) is 0 Å². The smallest absolute Gasteiger partial charge is 0.330 e. The minimum absolute atomic E-state index is 0.240. The van der Waals surface area contributed by atoms with Crippen LogP contribution in [0.25, 0.3) is 0 Å². The van der Waals surface area contributed by atoms with E-state index < -0.39 is 0 Å². The molecule has 0 saturated heterocycles. The molecule has 2 heteroatoms. The Morgan fingerprint density at radius 3 is 3.12 bits per heavy atom. The summed E-state index contributed by atoms with van der Waals surface area (Å²) < 4.78 is 5.04. The highest BCUT2D eigenvalue weighted by Gasteiger charge is 2.07. The number of rotatable bonds is 5. The minimum Gasteiger partial charge on any atom is -0.463 e. The Kier molecular flexibility index (Phi) is 5.62. The van der Waals surface area contributed by atoms with Crippen LogP contribution < -0.4 is 0 Å². The average Bonchev–Trinajstić information content (AvgIpc) is 2.28. The second kappa shape index (κ2) is 7.04. The van der Waals surface area contributed by atoms with Crippen LogP contribution in [0.5, 0.6) is 0 Å².